The monoisotopic (exact) mass is 429 g/mol. The van der Waals surface area contributed by atoms with E-state index < -0.39 is 0 Å². The van der Waals surface area contributed by atoms with E-state index in [0.29, 0.717) is 18.7 Å². The number of fused-ring (bicyclic) bond motifs is 3. The van der Waals surface area contributed by atoms with E-state index in [9.17, 15) is 4.79 Å². The van der Waals surface area contributed by atoms with E-state index in [4.69, 9.17) is 9.15 Å². The van der Waals surface area contributed by atoms with Crippen LogP contribution in [0.4, 0.5) is 0 Å². The summed E-state index contributed by atoms with van der Waals surface area (Å²) in [5, 5.41) is 4.04. The molecule has 0 atom stereocenters. The third kappa shape index (κ3) is 4.54. The van der Waals surface area contributed by atoms with E-state index in [2.05, 4.69) is 27.0 Å². The number of aryl methyl sites for hydroxylation is 2. The number of nitrogens with one attached hydrogen (secondary N) is 1. The van der Waals surface area contributed by atoms with Gasteiger partial charge in [0.1, 0.15) is 22.9 Å². The highest BCUT2D eigenvalue weighted by Gasteiger charge is 2.18. The fourth-order valence-electron chi connectivity index (χ4n) is 4.34. The third-order valence-corrected chi connectivity index (χ3v) is 5.96. The molecule has 0 aliphatic heterocycles. The van der Waals surface area contributed by atoms with Crippen LogP contribution in [0, 0.1) is 0 Å². The average Bonchev–Trinajstić information content (AvgIpc) is 3.42. The number of benzene rings is 2. The second-order valence-electron chi connectivity index (χ2n) is 8.21. The molecular formula is C26H27N3O3. The second kappa shape index (κ2) is 9.30. The zero-order valence-electron chi connectivity index (χ0n) is 18.0. The Balaban J connectivity index is 1.12. The minimum absolute atomic E-state index is 0.00992. The van der Waals surface area contributed by atoms with Crippen LogP contribution in [0.15, 0.2) is 65.3 Å². The minimum atomic E-state index is -0.138. The molecule has 2 heterocycles. The number of hydrogen-bond donors (Lipinski definition) is 1. The second-order valence-corrected chi connectivity index (χ2v) is 8.21. The van der Waals surface area contributed by atoms with Crippen molar-refractivity contribution in [2.24, 2.45) is 0 Å². The predicted octanol–water partition coefficient (Wildman–Crippen LogP) is 4.29. The van der Waals surface area contributed by atoms with Crippen molar-refractivity contribution in [3.63, 3.8) is 0 Å². The maximum absolute atomic E-state index is 12.3. The number of furan rings is 1. The Bertz CT molecular complexity index is 1210. The summed E-state index contributed by atoms with van der Waals surface area (Å²) >= 11 is 0. The maximum atomic E-state index is 12.3. The van der Waals surface area contributed by atoms with Gasteiger partial charge in [-0.1, -0.05) is 30.3 Å². The van der Waals surface area contributed by atoms with Gasteiger partial charge in [0.2, 0.25) is 0 Å². The van der Waals surface area contributed by atoms with Gasteiger partial charge in [-0.2, -0.15) is 0 Å². The van der Waals surface area contributed by atoms with Crippen molar-refractivity contribution < 1.29 is 13.9 Å². The van der Waals surface area contributed by atoms with Crippen LogP contribution in [0.2, 0.25) is 0 Å². The molecule has 4 aromatic rings. The number of ether oxygens (including phenoxy) is 1. The molecule has 0 bridgehead atoms. The summed E-state index contributed by atoms with van der Waals surface area (Å²) in [5.74, 6) is 2.61. The summed E-state index contributed by atoms with van der Waals surface area (Å²) in [6.07, 6.45) is 8.87. The van der Waals surface area contributed by atoms with Gasteiger partial charge in [0.05, 0.1) is 0 Å². The lowest BCUT2D eigenvalue weighted by Gasteiger charge is -2.10. The summed E-state index contributed by atoms with van der Waals surface area (Å²) in [5.41, 5.74) is 3.42. The molecule has 2 aromatic heterocycles. The molecule has 6 nitrogen and oxygen atoms in total. The molecule has 5 rings (SSSR count). The lowest BCUT2D eigenvalue weighted by atomic mass is 9.96. The van der Waals surface area contributed by atoms with E-state index in [1.54, 1.807) is 6.20 Å². The number of rotatable bonds is 8. The molecule has 0 unspecified atom stereocenters. The summed E-state index contributed by atoms with van der Waals surface area (Å²) in [4.78, 5) is 16.7. The van der Waals surface area contributed by atoms with Crippen molar-refractivity contribution >= 4 is 16.9 Å². The van der Waals surface area contributed by atoms with Crippen LogP contribution in [0.5, 0.6) is 5.75 Å². The molecule has 2 aromatic carbocycles. The lowest BCUT2D eigenvalue weighted by molar-refractivity contribution is -0.123. The summed E-state index contributed by atoms with van der Waals surface area (Å²) in [7, 11) is 0. The molecule has 1 aliphatic rings. The van der Waals surface area contributed by atoms with Gasteiger partial charge in [-0.15, -0.1) is 0 Å². The van der Waals surface area contributed by atoms with Gasteiger partial charge in [0, 0.05) is 49.3 Å². The third-order valence-electron chi connectivity index (χ3n) is 5.96. The van der Waals surface area contributed by atoms with E-state index in [-0.39, 0.29) is 12.5 Å². The van der Waals surface area contributed by atoms with E-state index in [0.717, 1.165) is 41.9 Å². The summed E-state index contributed by atoms with van der Waals surface area (Å²) < 4.78 is 13.8. The SMILES string of the molecule is O=C(COc1ccc2oc3c(c2c1)CCCC3)NCCc1nccn1Cc1ccccc1. The zero-order valence-corrected chi connectivity index (χ0v) is 18.0. The Kier molecular flexibility index (Phi) is 5.92. The minimum Gasteiger partial charge on any atom is -0.484 e. The van der Waals surface area contributed by atoms with Gasteiger partial charge < -0.3 is 19.0 Å². The number of imidazole rings is 1. The Labute approximate surface area is 187 Å². The molecule has 0 fully saturated rings. The molecule has 0 spiro atoms. The summed E-state index contributed by atoms with van der Waals surface area (Å²) in [6, 6.07) is 16.1. The molecule has 6 heteroatoms. The molecule has 0 saturated heterocycles. The number of aromatic nitrogens is 2. The fraction of sp³-hybridized carbons (Fsp3) is 0.308. The highest BCUT2D eigenvalue weighted by Crippen LogP contribution is 2.33. The van der Waals surface area contributed by atoms with Gasteiger partial charge in [0.25, 0.3) is 5.91 Å². The number of carbonyl (C=O) groups excluding carboxylic acids is 1. The van der Waals surface area contributed by atoms with Crippen LogP contribution in [-0.2, 0) is 30.6 Å². The smallest absolute Gasteiger partial charge is 0.257 e. The highest BCUT2D eigenvalue weighted by atomic mass is 16.5. The topological polar surface area (TPSA) is 69.3 Å². The van der Waals surface area contributed by atoms with Gasteiger partial charge in [-0.05, 0) is 43.0 Å². The van der Waals surface area contributed by atoms with Crippen LogP contribution in [0.3, 0.4) is 0 Å². The van der Waals surface area contributed by atoms with Crippen LogP contribution >= 0.6 is 0 Å². The molecule has 0 radical (unpaired) electrons. The Morgan fingerprint density at radius 2 is 2.00 bits per heavy atom. The first-order valence-electron chi connectivity index (χ1n) is 11.2. The van der Waals surface area contributed by atoms with E-state index in [1.165, 1.54) is 24.0 Å². The van der Waals surface area contributed by atoms with Crippen LogP contribution in [-0.4, -0.2) is 28.6 Å². The Morgan fingerprint density at radius 1 is 1.12 bits per heavy atom. The van der Waals surface area contributed by atoms with Crippen LogP contribution < -0.4 is 10.1 Å². The van der Waals surface area contributed by atoms with Crippen molar-refractivity contribution in [3.05, 3.63) is 83.6 Å². The van der Waals surface area contributed by atoms with Crippen molar-refractivity contribution in [3.8, 4) is 5.75 Å². The Hall–Kier alpha value is -3.54. The van der Waals surface area contributed by atoms with Crippen molar-refractivity contribution in [1.82, 2.24) is 14.9 Å². The first kappa shape index (κ1) is 20.4. The van der Waals surface area contributed by atoms with Gasteiger partial charge in [-0.3, -0.25) is 4.79 Å². The largest absolute Gasteiger partial charge is 0.484 e. The number of carbonyl (C=O) groups is 1. The number of amides is 1. The maximum Gasteiger partial charge on any atom is 0.257 e. The lowest BCUT2D eigenvalue weighted by Crippen LogP contribution is -2.31. The first-order chi connectivity index (χ1) is 15.8. The molecule has 0 saturated carbocycles. The van der Waals surface area contributed by atoms with Crippen molar-refractivity contribution in [2.75, 3.05) is 13.2 Å². The number of nitrogens with zero attached hydrogens (tertiary/aromatic N) is 2. The average molecular weight is 430 g/mol. The van der Waals surface area contributed by atoms with Crippen LogP contribution in [0.1, 0.15) is 35.6 Å². The molecular weight excluding hydrogens is 402 g/mol. The van der Waals surface area contributed by atoms with Gasteiger partial charge in [0.15, 0.2) is 6.61 Å². The molecule has 1 N–H and O–H groups in total. The van der Waals surface area contributed by atoms with Gasteiger partial charge >= 0.3 is 0 Å². The standard InChI is InChI=1S/C26H27N3O3/c30-26(28-13-12-25-27-14-15-29(25)17-19-6-2-1-3-7-19)18-31-20-10-11-24-22(16-20)21-8-4-5-9-23(21)32-24/h1-3,6-7,10-11,14-16H,4-5,8-9,12-13,17-18H2,(H,28,30). The highest BCUT2D eigenvalue weighted by molar-refractivity contribution is 5.84. The van der Waals surface area contributed by atoms with Crippen molar-refractivity contribution in [2.45, 2.75) is 38.6 Å². The molecule has 32 heavy (non-hydrogen) atoms. The normalized spacial score (nSPS) is 13.1. The van der Waals surface area contributed by atoms with E-state index >= 15 is 0 Å². The first-order valence-corrected chi connectivity index (χ1v) is 11.2. The van der Waals surface area contributed by atoms with Crippen molar-refractivity contribution in [1.29, 1.82) is 0 Å². The molecule has 1 amide bonds. The Morgan fingerprint density at radius 3 is 2.91 bits per heavy atom. The zero-order chi connectivity index (χ0) is 21.8. The quantitative estimate of drug-likeness (QED) is 0.454. The molecule has 1 aliphatic carbocycles. The van der Waals surface area contributed by atoms with Gasteiger partial charge in [-0.25, -0.2) is 4.98 Å². The fourth-order valence-corrected chi connectivity index (χ4v) is 4.34. The predicted molar refractivity (Wildman–Crippen MR) is 123 cm³/mol. The summed E-state index contributed by atoms with van der Waals surface area (Å²) in [6.45, 7) is 1.28. The van der Waals surface area contributed by atoms with Crippen LogP contribution in [0.25, 0.3) is 11.0 Å². The number of hydrogen-bond acceptors (Lipinski definition) is 4. The molecule has 164 valence electrons. The van der Waals surface area contributed by atoms with E-state index in [1.807, 2.05) is 42.6 Å².